The van der Waals surface area contributed by atoms with Crippen molar-refractivity contribution in [2.75, 3.05) is 6.26 Å². The summed E-state index contributed by atoms with van der Waals surface area (Å²) in [5.41, 5.74) is 7.63. The van der Waals surface area contributed by atoms with Crippen LogP contribution in [-0.4, -0.2) is 50.5 Å². The summed E-state index contributed by atoms with van der Waals surface area (Å²) in [6.07, 6.45) is 3.43. The van der Waals surface area contributed by atoms with Crippen molar-refractivity contribution in [1.29, 1.82) is 0 Å². The molecule has 0 heterocycles. The molecule has 0 aromatic heterocycles. The van der Waals surface area contributed by atoms with E-state index in [2.05, 4.69) is 16.0 Å². The number of halogens is 2. The van der Waals surface area contributed by atoms with Crippen molar-refractivity contribution in [1.82, 2.24) is 16.0 Å². The van der Waals surface area contributed by atoms with E-state index in [0.29, 0.717) is 30.8 Å². The molecule has 43 heavy (non-hydrogen) atoms. The SMILES string of the molecule is CC(C)C[C@H](NC(=O)c1cc(Cl)ccc1Cl)C(=O)N[C@@H](CC(C)C)C(=O)N[C@H](/C=C/S(C)(=O)=O)Cc1ccc(CN)cc1. The van der Waals surface area contributed by atoms with Crippen LogP contribution in [0.3, 0.4) is 0 Å². The van der Waals surface area contributed by atoms with Crippen LogP contribution in [0.1, 0.15) is 62.0 Å². The minimum atomic E-state index is -3.46. The minimum absolute atomic E-state index is 0.0354. The smallest absolute Gasteiger partial charge is 0.253 e. The Hall–Kier alpha value is -2.92. The molecule has 2 aromatic carbocycles. The predicted molar refractivity (Wildman–Crippen MR) is 173 cm³/mol. The second-order valence-electron chi connectivity index (χ2n) is 11.5. The van der Waals surface area contributed by atoms with Crippen molar-refractivity contribution in [3.8, 4) is 0 Å². The lowest BCUT2D eigenvalue weighted by Gasteiger charge is -2.26. The molecule has 0 fully saturated rings. The fourth-order valence-corrected chi connectivity index (χ4v) is 5.19. The number of carbonyl (C=O) groups is 3. The highest BCUT2D eigenvalue weighted by atomic mass is 35.5. The lowest BCUT2D eigenvalue weighted by Crippen LogP contribution is -2.55. The second-order valence-corrected chi connectivity index (χ2v) is 14.2. The van der Waals surface area contributed by atoms with Gasteiger partial charge in [0.25, 0.3) is 5.91 Å². The van der Waals surface area contributed by atoms with Crippen molar-refractivity contribution in [2.45, 2.75) is 71.6 Å². The molecule has 0 bridgehead atoms. The molecule has 12 heteroatoms. The van der Waals surface area contributed by atoms with Gasteiger partial charge in [-0.1, -0.05) is 81.2 Å². The second kappa shape index (κ2) is 16.8. The Morgan fingerprint density at radius 3 is 1.91 bits per heavy atom. The molecule has 2 rings (SSSR count). The number of benzene rings is 2. The zero-order valence-corrected chi connectivity index (χ0v) is 27.5. The molecule has 9 nitrogen and oxygen atoms in total. The molecule has 5 N–H and O–H groups in total. The van der Waals surface area contributed by atoms with Crippen LogP contribution in [0.4, 0.5) is 0 Å². The number of sulfone groups is 1. The van der Waals surface area contributed by atoms with Gasteiger partial charge < -0.3 is 21.7 Å². The number of hydrogen-bond donors (Lipinski definition) is 4. The Morgan fingerprint density at radius 2 is 1.37 bits per heavy atom. The summed E-state index contributed by atoms with van der Waals surface area (Å²) in [6.45, 7) is 8.04. The van der Waals surface area contributed by atoms with Crippen LogP contribution in [-0.2, 0) is 32.4 Å². The molecule has 2 aromatic rings. The number of nitrogens with two attached hydrogens (primary N) is 1. The number of rotatable bonds is 15. The van der Waals surface area contributed by atoms with Gasteiger partial charge in [-0.25, -0.2) is 8.42 Å². The Labute approximate surface area is 264 Å². The van der Waals surface area contributed by atoms with Crippen LogP contribution in [0, 0.1) is 11.8 Å². The lowest BCUT2D eigenvalue weighted by molar-refractivity contribution is -0.130. The maximum Gasteiger partial charge on any atom is 0.253 e. The molecule has 0 spiro atoms. The third-order valence-electron chi connectivity index (χ3n) is 6.44. The highest BCUT2D eigenvalue weighted by Gasteiger charge is 2.29. The number of nitrogens with one attached hydrogen (secondary N) is 3. The van der Waals surface area contributed by atoms with Crippen LogP contribution >= 0.6 is 23.2 Å². The van der Waals surface area contributed by atoms with E-state index in [9.17, 15) is 22.8 Å². The van der Waals surface area contributed by atoms with Gasteiger partial charge in [0, 0.05) is 23.2 Å². The normalized spacial score (nSPS) is 14.0. The van der Waals surface area contributed by atoms with E-state index in [0.717, 1.165) is 22.8 Å². The van der Waals surface area contributed by atoms with Crippen molar-refractivity contribution in [3.63, 3.8) is 0 Å². The lowest BCUT2D eigenvalue weighted by atomic mass is 9.99. The molecule has 3 atom stereocenters. The van der Waals surface area contributed by atoms with E-state index in [4.69, 9.17) is 28.9 Å². The van der Waals surface area contributed by atoms with Gasteiger partial charge in [-0.15, -0.1) is 0 Å². The first kappa shape index (κ1) is 36.3. The fraction of sp³-hybridized carbons (Fsp3) is 0.452. The van der Waals surface area contributed by atoms with Crippen molar-refractivity contribution in [3.05, 3.63) is 80.7 Å². The molecule has 3 amide bonds. The third-order valence-corrected chi connectivity index (χ3v) is 7.66. The molecule has 0 unspecified atom stereocenters. The summed E-state index contributed by atoms with van der Waals surface area (Å²) < 4.78 is 23.7. The summed E-state index contributed by atoms with van der Waals surface area (Å²) in [5.74, 6) is -1.49. The van der Waals surface area contributed by atoms with Gasteiger partial charge in [0.1, 0.15) is 12.1 Å². The quantitative estimate of drug-likeness (QED) is 0.224. The van der Waals surface area contributed by atoms with E-state index in [1.807, 2.05) is 52.0 Å². The van der Waals surface area contributed by atoms with E-state index < -0.39 is 45.7 Å². The zero-order chi connectivity index (χ0) is 32.3. The van der Waals surface area contributed by atoms with Crippen LogP contribution in [0.25, 0.3) is 0 Å². The molecule has 0 aliphatic heterocycles. The Kier molecular flexibility index (Phi) is 14.2. The molecule has 0 saturated carbocycles. The van der Waals surface area contributed by atoms with E-state index >= 15 is 0 Å². The Morgan fingerprint density at radius 1 is 0.837 bits per heavy atom. The van der Waals surface area contributed by atoms with E-state index in [1.54, 1.807) is 6.07 Å². The van der Waals surface area contributed by atoms with Crippen LogP contribution in [0.2, 0.25) is 10.0 Å². The molecular formula is C31H42Cl2N4O5S. The monoisotopic (exact) mass is 652 g/mol. The first-order chi connectivity index (χ1) is 20.1. The van der Waals surface area contributed by atoms with Crippen LogP contribution in [0.15, 0.2) is 53.9 Å². The summed E-state index contributed by atoms with van der Waals surface area (Å²) in [4.78, 5) is 40.1. The number of hydrogen-bond acceptors (Lipinski definition) is 6. The van der Waals surface area contributed by atoms with E-state index in [-0.39, 0.29) is 22.4 Å². The van der Waals surface area contributed by atoms with Gasteiger partial charge in [0.05, 0.1) is 16.6 Å². The maximum atomic E-state index is 13.6. The van der Waals surface area contributed by atoms with Crippen LogP contribution in [0.5, 0.6) is 0 Å². The third kappa shape index (κ3) is 13.1. The summed E-state index contributed by atoms with van der Waals surface area (Å²) in [7, 11) is -3.46. The summed E-state index contributed by atoms with van der Waals surface area (Å²) in [5, 5.41) is 10.0. The predicted octanol–water partition coefficient (Wildman–Crippen LogP) is 4.41. The van der Waals surface area contributed by atoms with Gasteiger partial charge in [-0.2, -0.15) is 0 Å². The molecule has 236 valence electrons. The molecule has 0 radical (unpaired) electrons. The zero-order valence-electron chi connectivity index (χ0n) is 25.2. The molecular weight excluding hydrogens is 611 g/mol. The number of carbonyl (C=O) groups excluding carboxylic acids is 3. The van der Waals surface area contributed by atoms with Gasteiger partial charge >= 0.3 is 0 Å². The molecule has 0 saturated heterocycles. The first-order valence-electron chi connectivity index (χ1n) is 14.1. The minimum Gasteiger partial charge on any atom is -0.348 e. The van der Waals surface area contributed by atoms with Crippen LogP contribution < -0.4 is 21.7 Å². The summed E-state index contributed by atoms with van der Waals surface area (Å²) >= 11 is 12.2. The van der Waals surface area contributed by atoms with Crippen molar-refractivity contribution >= 4 is 50.8 Å². The van der Waals surface area contributed by atoms with Crippen molar-refractivity contribution in [2.24, 2.45) is 17.6 Å². The van der Waals surface area contributed by atoms with E-state index in [1.165, 1.54) is 18.2 Å². The van der Waals surface area contributed by atoms with Gasteiger partial charge in [0.15, 0.2) is 9.84 Å². The molecule has 0 aliphatic carbocycles. The van der Waals surface area contributed by atoms with Crippen molar-refractivity contribution < 1.29 is 22.8 Å². The number of amides is 3. The largest absolute Gasteiger partial charge is 0.348 e. The van der Waals surface area contributed by atoms with Gasteiger partial charge in [-0.3, -0.25) is 14.4 Å². The topological polar surface area (TPSA) is 147 Å². The highest BCUT2D eigenvalue weighted by Crippen LogP contribution is 2.21. The Bertz CT molecular complexity index is 1400. The fourth-order valence-electron chi connectivity index (χ4n) is 4.34. The average molecular weight is 654 g/mol. The maximum absolute atomic E-state index is 13.6. The van der Waals surface area contributed by atoms with Gasteiger partial charge in [-0.05, 0) is 60.4 Å². The average Bonchev–Trinajstić information content (AvgIpc) is 2.91. The Balaban J connectivity index is 2.28. The standard InChI is InChI=1S/C31H42Cl2N4O5S/c1-19(2)14-27(30(39)35-24(12-13-43(5,41)42)16-21-6-8-22(18-34)9-7-21)37-31(40)28(15-20(3)4)36-29(38)25-17-23(32)10-11-26(25)33/h6-13,17,19-20,24,27-28H,14-16,18,34H2,1-5H3,(H,35,39)(H,36,38)(H,37,40)/b13-12+/t24-,27+,28+/m1/s1. The van der Waals surface area contributed by atoms with Gasteiger partial charge in [0.2, 0.25) is 11.8 Å². The summed E-state index contributed by atoms with van der Waals surface area (Å²) in [6, 6.07) is 9.40. The first-order valence-corrected chi connectivity index (χ1v) is 16.8. The molecule has 0 aliphatic rings. The highest BCUT2D eigenvalue weighted by molar-refractivity contribution is 7.93.